The molecule has 0 spiro atoms. The fourth-order valence-electron chi connectivity index (χ4n) is 5.80. The van der Waals surface area contributed by atoms with Crippen LogP contribution in [-0.4, -0.2) is 26.0 Å². The van der Waals surface area contributed by atoms with Gasteiger partial charge in [0.05, 0.1) is 0 Å². The van der Waals surface area contributed by atoms with E-state index in [2.05, 4.69) is 30.7 Å². The van der Waals surface area contributed by atoms with Crippen molar-refractivity contribution in [2.24, 2.45) is 34.5 Å². The molecule has 0 heterocycles. The Kier molecular flexibility index (Phi) is 3.23. The van der Waals surface area contributed by atoms with E-state index in [4.69, 9.17) is 0 Å². The van der Waals surface area contributed by atoms with Gasteiger partial charge in [-0.1, -0.05) is 32.9 Å². The lowest BCUT2D eigenvalue weighted by atomic mass is 9.70. The van der Waals surface area contributed by atoms with Crippen molar-refractivity contribution in [3.05, 3.63) is 12.2 Å². The number of sulfonamides is 1. The summed E-state index contributed by atoms with van der Waals surface area (Å²) in [5.74, 6) is 1.46. The summed E-state index contributed by atoms with van der Waals surface area (Å²) in [6.45, 7) is 6.59. The highest BCUT2D eigenvalue weighted by Crippen LogP contribution is 2.64. The topological polar surface area (TPSA) is 63.2 Å². The smallest absolute Gasteiger partial charge is 0.221 e. The summed E-state index contributed by atoms with van der Waals surface area (Å²) in [7, 11) is -3.58. The van der Waals surface area contributed by atoms with E-state index < -0.39 is 20.7 Å². The summed E-state index contributed by atoms with van der Waals surface area (Å²) < 4.78 is 28.6. The van der Waals surface area contributed by atoms with Crippen LogP contribution < -0.4 is 4.72 Å². The summed E-state index contributed by atoms with van der Waals surface area (Å²) >= 11 is 0. The zero-order chi connectivity index (χ0) is 16.6. The Bertz CT molecular complexity index is 680. The van der Waals surface area contributed by atoms with Crippen LogP contribution >= 0.6 is 0 Å². The number of fused-ring (bicyclic) bond motifs is 4. The van der Waals surface area contributed by atoms with E-state index in [-0.39, 0.29) is 17.1 Å². The first-order valence-electron chi connectivity index (χ1n) is 8.88. The number of ketones is 1. The van der Waals surface area contributed by atoms with Crippen molar-refractivity contribution in [1.82, 2.24) is 4.72 Å². The monoisotopic (exact) mass is 337 g/mol. The molecule has 0 aromatic rings. The largest absolute Gasteiger partial charge is 0.298 e. The average Bonchev–Trinajstić information content (AvgIpc) is 3.17. The standard InChI is InChI=1S/C18H27NO3S/c1-17(2)14-6-7-18(17,3)16(20)15(14)23(21,22)19-10-13-9-11-4-5-12(13)8-11/h4-5,11-15,19H,6-10H2,1-3H3. The van der Waals surface area contributed by atoms with Gasteiger partial charge >= 0.3 is 0 Å². The van der Waals surface area contributed by atoms with Crippen LogP contribution in [0, 0.1) is 34.5 Å². The SMILES string of the molecule is CC12CCC(C(S(=O)(=O)NCC3CC4C=CC3C4)C1=O)C2(C)C. The highest BCUT2D eigenvalue weighted by atomic mass is 32.2. The summed E-state index contributed by atoms with van der Waals surface area (Å²) in [6, 6.07) is 0. The normalized spacial score (nSPS) is 46.9. The van der Waals surface area contributed by atoms with Gasteiger partial charge in [0.15, 0.2) is 5.78 Å². The number of hydrogen-bond acceptors (Lipinski definition) is 3. The van der Waals surface area contributed by atoms with Gasteiger partial charge in [-0.25, -0.2) is 13.1 Å². The highest BCUT2D eigenvalue weighted by molar-refractivity contribution is 7.91. The minimum atomic E-state index is -3.58. The van der Waals surface area contributed by atoms with Crippen LogP contribution in [0.4, 0.5) is 0 Å². The molecule has 3 fully saturated rings. The van der Waals surface area contributed by atoms with Gasteiger partial charge in [-0.15, -0.1) is 0 Å². The maximum absolute atomic E-state index is 12.9. The highest BCUT2D eigenvalue weighted by Gasteiger charge is 2.69. The summed E-state index contributed by atoms with van der Waals surface area (Å²) in [4.78, 5) is 12.8. The van der Waals surface area contributed by atoms with E-state index in [1.807, 2.05) is 6.92 Å². The predicted molar refractivity (Wildman–Crippen MR) is 89.2 cm³/mol. The zero-order valence-corrected chi connectivity index (χ0v) is 15.0. The molecule has 4 aliphatic rings. The zero-order valence-electron chi connectivity index (χ0n) is 14.2. The van der Waals surface area contributed by atoms with Crippen molar-refractivity contribution in [2.45, 2.75) is 51.7 Å². The number of carbonyl (C=O) groups is 1. The Morgan fingerprint density at radius 2 is 1.96 bits per heavy atom. The predicted octanol–water partition coefficient (Wildman–Crippen LogP) is 2.51. The fraction of sp³-hybridized carbons (Fsp3) is 0.833. The molecule has 0 aromatic heterocycles. The molecule has 23 heavy (non-hydrogen) atoms. The molecular weight excluding hydrogens is 310 g/mol. The van der Waals surface area contributed by atoms with Crippen LogP contribution in [0.5, 0.6) is 0 Å². The molecule has 0 saturated heterocycles. The minimum absolute atomic E-state index is 0.0441. The van der Waals surface area contributed by atoms with Crippen LogP contribution in [0.3, 0.4) is 0 Å². The van der Waals surface area contributed by atoms with Crippen molar-refractivity contribution < 1.29 is 13.2 Å². The molecule has 1 N–H and O–H groups in total. The molecule has 0 radical (unpaired) electrons. The Morgan fingerprint density at radius 1 is 1.22 bits per heavy atom. The number of nitrogens with one attached hydrogen (secondary N) is 1. The molecule has 4 bridgehead atoms. The first-order valence-corrected chi connectivity index (χ1v) is 10.4. The van der Waals surface area contributed by atoms with Gasteiger partial charge in [-0.05, 0) is 54.8 Å². The first-order chi connectivity index (χ1) is 10.7. The molecule has 128 valence electrons. The lowest BCUT2D eigenvalue weighted by Gasteiger charge is -2.32. The molecule has 4 nitrogen and oxygen atoms in total. The van der Waals surface area contributed by atoms with E-state index in [0.29, 0.717) is 24.3 Å². The van der Waals surface area contributed by atoms with E-state index in [1.54, 1.807) is 0 Å². The summed E-state index contributed by atoms with van der Waals surface area (Å²) in [5, 5.41) is -0.842. The Labute approximate surface area is 139 Å². The Hall–Kier alpha value is -0.680. The fourth-order valence-corrected chi connectivity index (χ4v) is 7.88. The number of Topliss-reactive ketones (excluding diaryl/α,β-unsaturated/α-hetero) is 1. The van der Waals surface area contributed by atoms with Gasteiger partial charge < -0.3 is 0 Å². The molecule has 0 aliphatic heterocycles. The molecule has 0 aromatic carbocycles. The minimum Gasteiger partial charge on any atom is -0.298 e. The van der Waals surface area contributed by atoms with Crippen LogP contribution in [0.2, 0.25) is 0 Å². The van der Waals surface area contributed by atoms with Gasteiger partial charge in [0.2, 0.25) is 10.0 Å². The molecule has 4 rings (SSSR count). The maximum Gasteiger partial charge on any atom is 0.221 e. The van der Waals surface area contributed by atoms with Gasteiger partial charge in [0.25, 0.3) is 0 Å². The second-order valence-corrected chi connectivity index (χ2v) is 10.8. The van der Waals surface area contributed by atoms with E-state index in [9.17, 15) is 13.2 Å². The van der Waals surface area contributed by atoms with E-state index in [1.165, 1.54) is 6.42 Å². The number of allylic oxidation sites excluding steroid dienone is 2. The quantitative estimate of drug-likeness (QED) is 0.802. The third-order valence-electron chi connectivity index (χ3n) is 7.77. The molecule has 4 aliphatic carbocycles. The second kappa shape index (κ2) is 4.69. The second-order valence-electron chi connectivity index (χ2n) is 8.92. The maximum atomic E-state index is 12.9. The lowest BCUT2D eigenvalue weighted by molar-refractivity contribution is -0.127. The number of rotatable bonds is 4. The van der Waals surface area contributed by atoms with Crippen LogP contribution in [0.15, 0.2) is 12.2 Å². The molecular formula is C18H27NO3S. The van der Waals surface area contributed by atoms with Gasteiger partial charge in [0, 0.05) is 12.0 Å². The van der Waals surface area contributed by atoms with Crippen molar-refractivity contribution in [2.75, 3.05) is 6.54 Å². The molecule has 3 saturated carbocycles. The number of carbonyl (C=O) groups excluding carboxylic acids is 1. The molecule has 6 unspecified atom stereocenters. The van der Waals surface area contributed by atoms with Crippen LogP contribution in [0.1, 0.15) is 46.5 Å². The van der Waals surface area contributed by atoms with E-state index >= 15 is 0 Å². The van der Waals surface area contributed by atoms with Crippen molar-refractivity contribution in [3.63, 3.8) is 0 Å². The first kappa shape index (κ1) is 15.8. The van der Waals surface area contributed by atoms with Crippen molar-refractivity contribution in [3.8, 4) is 0 Å². The molecule has 6 atom stereocenters. The Balaban J connectivity index is 1.51. The third kappa shape index (κ3) is 1.98. The van der Waals surface area contributed by atoms with Gasteiger partial charge in [0.1, 0.15) is 5.25 Å². The average molecular weight is 337 g/mol. The van der Waals surface area contributed by atoms with Crippen molar-refractivity contribution >= 4 is 15.8 Å². The summed E-state index contributed by atoms with van der Waals surface area (Å²) in [5.41, 5.74) is -0.703. The third-order valence-corrected chi connectivity index (χ3v) is 9.55. The van der Waals surface area contributed by atoms with Crippen molar-refractivity contribution in [1.29, 1.82) is 0 Å². The summed E-state index contributed by atoms with van der Waals surface area (Å²) in [6.07, 6.45) is 8.42. The molecule has 5 heteroatoms. The molecule has 0 amide bonds. The van der Waals surface area contributed by atoms with Crippen LogP contribution in [0.25, 0.3) is 0 Å². The van der Waals surface area contributed by atoms with Crippen LogP contribution in [-0.2, 0) is 14.8 Å². The van der Waals surface area contributed by atoms with E-state index in [0.717, 1.165) is 19.3 Å². The van der Waals surface area contributed by atoms with Gasteiger partial charge in [-0.2, -0.15) is 0 Å². The Morgan fingerprint density at radius 3 is 2.48 bits per heavy atom. The number of hydrogen-bond donors (Lipinski definition) is 1. The van der Waals surface area contributed by atoms with Gasteiger partial charge in [-0.3, -0.25) is 4.79 Å². The lowest BCUT2D eigenvalue weighted by Crippen LogP contribution is -2.46.